The zero-order valence-electron chi connectivity index (χ0n) is 22.5. The van der Waals surface area contributed by atoms with Crippen LogP contribution in [0.1, 0.15) is 95.6 Å². The van der Waals surface area contributed by atoms with E-state index in [1.807, 2.05) is 54.6 Å². The van der Waals surface area contributed by atoms with Gasteiger partial charge in [-0.1, -0.05) is 108 Å². The first kappa shape index (κ1) is 30.3. The Bertz CT molecular complexity index is 822. The van der Waals surface area contributed by atoms with Gasteiger partial charge in [-0.15, -0.1) is 0 Å². The first-order chi connectivity index (χ1) is 17.5. The number of hydrogen-bond donors (Lipinski definition) is 4. The minimum Gasteiger partial charge on any atom is -0.482 e. The summed E-state index contributed by atoms with van der Waals surface area (Å²) in [5.41, 5.74) is 5.29. The van der Waals surface area contributed by atoms with Crippen molar-refractivity contribution in [2.45, 2.75) is 103 Å². The lowest BCUT2D eigenvalue weighted by atomic mass is 9.62. The molecule has 0 aliphatic heterocycles. The third-order valence-corrected chi connectivity index (χ3v) is 7.66. The summed E-state index contributed by atoms with van der Waals surface area (Å²) in [6, 6.07) is 17.5. The SMILES string of the molecule is CCCCCCCCCC(Oc1ccccc1)(c1ccc(CN)cc1)C(CO)(CO)C(O)CCCC. The van der Waals surface area contributed by atoms with Crippen molar-refractivity contribution in [3.05, 3.63) is 65.7 Å². The molecule has 0 aromatic heterocycles. The minimum absolute atomic E-state index is 0.393. The maximum Gasteiger partial charge on any atom is 0.146 e. The largest absolute Gasteiger partial charge is 0.482 e. The molecule has 0 saturated heterocycles. The zero-order chi connectivity index (χ0) is 26.3. The molecule has 5 N–H and O–H groups in total. The second-order valence-corrected chi connectivity index (χ2v) is 10.1. The van der Waals surface area contributed by atoms with Gasteiger partial charge >= 0.3 is 0 Å². The molecule has 0 aliphatic carbocycles. The van der Waals surface area contributed by atoms with E-state index in [9.17, 15) is 15.3 Å². The van der Waals surface area contributed by atoms with Gasteiger partial charge in [-0.05, 0) is 42.5 Å². The van der Waals surface area contributed by atoms with Gasteiger partial charge < -0.3 is 25.8 Å². The Hall–Kier alpha value is -1.92. The van der Waals surface area contributed by atoms with E-state index in [2.05, 4.69) is 13.8 Å². The standard InChI is InChI=1S/C31H49NO4/c1-3-5-7-8-9-10-14-22-31(36-28-15-12-11-13-16-28,27-20-18-26(23-32)19-21-27)30(24-33,25-34)29(35)17-6-4-2/h11-13,15-16,18-21,29,33-35H,3-10,14,17,22-25,32H2,1-2H3. The van der Waals surface area contributed by atoms with Crippen LogP contribution in [-0.4, -0.2) is 34.6 Å². The van der Waals surface area contributed by atoms with Crippen molar-refractivity contribution in [1.29, 1.82) is 0 Å². The van der Waals surface area contributed by atoms with Crippen LogP contribution in [0.5, 0.6) is 5.75 Å². The van der Waals surface area contributed by atoms with Crippen molar-refractivity contribution >= 4 is 0 Å². The Morgan fingerprint density at radius 3 is 1.92 bits per heavy atom. The van der Waals surface area contributed by atoms with E-state index in [1.54, 1.807) is 0 Å². The van der Waals surface area contributed by atoms with Gasteiger partial charge in [0.1, 0.15) is 11.4 Å². The first-order valence-electron chi connectivity index (χ1n) is 14.0. The highest BCUT2D eigenvalue weighted by molar-refractivity contribution is 5.34. The summed E-state index contributed by atoms with van der Waals surface area (Å²) >= 11 is 0. The molecule has 0 heterocycles. The molecule has 202 valence electrons. The Labute approximate surface area is 218 Å². The van der Waals surface area contributed by atoms with Crippen LogP contribution in [0.25, 0.3) is 0 Å². The molecule has 0 spiro atoms. The van der Waals surface area contributed by atoms with Gasteiger partial charge in [0.05, 0.1) is 24.7 Å². The van der Waals surface area contributed by atoms with Crippen LogP contribution < -0.4 is 10.5 Å². The predicted molar refractivity (Wildman–Crippen MR) is 148 cm³/mol. The van der Waals surface area contributed by atoms with Crippen molar-refractivity contribution in [2.24, 2.45) is 11.1 Å². The molecule has 2 atom stereocenters. The van der Waals surface area contributed by atoms with Crippen LogP contribution in [0.2, 0.25) is 0 Å². The molecule has 5 heteroatoms. The van der Waals surface area contributed by atoms with E-state index in [0.717, 1.165) is 43.2 Å². The minimum atomic E-state index is -1.29. The summed E-state index contributed by atoms with van der Waals surface area (Å²) in [4.78, 5) is 0. The molecule has 36 heavy (non-hydrogen) atoms. The van der Waals surface area contributed by atoms with E-state index in [1.165, 1.54) is 25.7 Å². The molecule has 0 fully saturated rings. The molecule has 0 bridgehead atoms. The molecule has 0 amide bonds. The molecule has 0 saturated carbocycles. The third-order valence-electron chi connectivity index (χ3n) is 7.66. The van der Waals surface area contributed by atoms with Crippen molar-refractivity contribution in [3.8, 4) is 5.75 Å². The monoisotopic (exact) mass is 499 g/mol. The van der Waals surface area contributed by atoms with E-state index >= 15 is 0 Å². The molecule has 0 radical (unpaired) electrons. The molecule has 2 unspecified atom stereocenters. The molecule has 2 rings (SSSR count). The normalized spacial score (nSPS) is 14.4. The van der Waals surface area contributed by atoms with E-state index in [-0.39, 0.29) is 0 Å². The quantitative estimate of drug-likeness (QED) is 0.176. The number of unbranched alkanes of at least 4 members (excludes halogenated alkanes) is 7. The van der Waals surface area contributed by atoms with Crippen LogP contribution in [0.4, 0.5) is 0 Å². The van der Waals surface area contributed by atoms with E-state index in [0.29, 0.717) is 25.1 Å². The highest BCUT2D eigenvalue weighted by Gasteiger charge is 2.57. The lowest BCUT2D eigenvalue weighted by molar-refractivity contribution is -0.183. The lowest BCUT2D eigenvalue weighted by Gasteiger charge is -2.51. The maximum atomic E-state index is 11.5. The second kappa shape index (κ2) is 16.0. The summed E-state index contributed by atoms with van der Waals surface area (Å²) < 4.78 is 6.84. The molecule has 2 aromatic rings. The summed E-state index contributed by atoms with van der Waals surface area (Å²) in [6.45, 7) is 3.93. The molecular weight excluding hydrogens is 450 g/mol. The fourth-order valence-electron chi connectivity index (χ4n) is 5.28. The summed E-state index contributed by atoms with van der Waals surface area (Å²) in [6.07, 6.45) is 9.79. The van der Waals surface area contributed by atoms with Crippen molar-refractivity contribution < 1.29 is 20.1 Å². The number of para-hydroxylation sites is 1. The number of aliphatic hydroxyl groups is 3. The van der Waals surface area contributed by atoms with Crippen LogP contribution in [-0.2, 0) is 12.1 Å². The Balaban J connectivity index is 2.56. The van der Waals surface area contributed by atoms with Crippen molar-refractivity contribution in [1.82, 2.24) is 0 Å². The number of ether oxygens (including phenoxy) is 1. The van der Waals surface area contributed by atoms with E-state index in [4.69, 9.17) is 10.5 Å². The lowest BCUT2D eigenvalue weighted by Crippen LogP contribution is -2.60. The topological polar surface area (TPSA) is 95.9 Å². The fourth-order valence-corrected chi connectivity index (χ4v) is 5.28. The summed E-state index contributed by atoms with van der Waals surface area (Å²) in [5, 5.41) is 33.3. The predicted octanol–water partition coefficient (Wildman–Crippen LogP) is 6.08. The average Bonchev–Trinajstić information content (AvgIpc) is 2.92. The van der Waals surface area contributed by atoms with Gasteiger partial charge in [0.15, 0.2) is 0 Å². The van der Waals surface area contributed by atoms with Crippen LogP contribution in [0, 0.1) is 5.41 Å². The summed E-state index contributed by atoms with van der Waals surface area (Å²) in [5.74, 6) is 0.650. The average molecular weight is 500 g/mol. The van der Waals surface area contributed by atoms with Crippen LogP contribution in [0.15, 0.2) is 54.6 Å². The smallest absolute Gasteiger partial charge is 0.146 e. The highest BCUT2D eigenvalue weighted by atomic mass is 16.5. The number of hydrogen-bond acceptors (Lipinski definition) is 5. The number of benzene rings is 2. The third kappa shape index (κ3) is 7.55. The maximum absolute atomic E-state index is 11.5. The molecular formula is C31H49NO4. The van der Waals surface area contributed by atoms with Gasteiger partial charge in [0.2, 0.25) is 0 Å². The fraction of sp³-hybridized carbons (Fsp3) is 0.613. The zero-order valence-corrected chi connectivity index (χ0v) is 22.5. The Kier molecular flexibility index (Phi) is 13.5. The number of aliphatic hydroxyl groups excluding tert-OH is 3. The Morgan fingerprint density at radius 2 is 1.36 bits per heavy atom. The van der Waals surface area contributed by atoms with E-state index < -0.39 is 30.3 Å². The summed E-state index contributed by atoms with van der Waals surface area (Å²) in [7, 11) is 0. The van der Waals surface area contributed by atoms with Gasteiger partial charge in [-0.2, -0.15) is 0 Å². The molecule has 0 aliphatic rings. The first-order valence-corrected chi connectivity index (χ1v) is 14.0. The van der Waals surface area contributed by atoms with Gasteiger partial charge in [-0.25, -0.2) is 0 Å². The number of rotatable bonds is 19. The highest BCUT2D eigenvalue weighted by Crippen LogP contribution is 2.50. The van der Waals surface area contributed by atoms with Gasteiger partial charge in [0.25, 0.3) is 0 Å². The number of nitrogens with two attached hydrogens (primary N) is 1. The van der Waals surface area contributed by atoms with Crippen LogP contribution in [0.3, 0.4) is 0 Å². The van der Waals surface area contributed by atoms with Gasteiger partial charge in [0, 0.05) is 6.54 Å². The van der Waals surface area contributed by atoms with Crippen molar-refractivity contribution in [2.75, 3.05) is 13.2 Å². The Morgan fingerprint density at radius 1 is 0.778 bits per heavy atom. The molecule has 2 aromatic carbocycles. The van der Waals surface area contributed by atoms with Crippen molar-refractivity contribution in [3.63, 3.8) is 0 Å². The van der Waals surface area contributed by atoms with Gasteiger partial charge in [-0.3, -0.25) is 0 Å². The van der Waals surface area contributed by atoms with Crippen LogP contribution >= 0.6 is 0 Å². The molecule has 5 nitrogen and oxygen atoms in total. The second-order valence-electron chi connectivity index (χ2n) is 10.1.